The molecule has 0 spiro atoms. The summed E-state index contributed by atoms with van der Waals surface area (Å²) in [6, 6.07) is 4.84. The normalized spacial score (nSPS) is 19.1. The summed E-state index contributed by atoms with van der Waals surface area (Å²) in [6.45, 7) is 0.374. The van der Waals surface area contributed by atoms with E-state index >= 15 is 0 Å². The lowest BCUT2D eigenvalue weighted by Gasteiger charge is -2.21. The van der Waals surface area contributed by atoms with Crippen LogP contribution >= 0.6 is 0 Å². The number of carboxylic acid groups (broad SMARTS) is 1. The molecule has 0 bridgehead atoms. The molecule has 20 heavy (non-hydrogen) atoms. The van der Waals surface area contributed by atoms with Crippen LogP contribution in [-0.2, 0) is 14.6 Å². The Morgan fingerprint density at radius 1 is 1.35 bits per heavy atom. The van der Waals surface area contributed by atoms with E-state index in [0.717, 1.165) is 6.26 Å². The van der Waals surface area contributed by atoms with Crippen LogP contribution in [0, 0.1) is 0 Å². The Morgan fingerprint density at radius 2 is 2.05 bits per heavy atom. The summed E-state index contributed by atoms with van der Waals surface area (Å²) in [7, 11) is -3.40. The van der Waals surface area contributed by atoms with Crippen LogP contribution in [0.2, 0.25) is 0 Å². The first kappa shape index (κ1) is 14.5. The number of carbonyl (C=O) groups is 2. The van der Waals surface area contributed by atoms with Crippen molar-refractivity contribution in [2.24, 2.45) is 0 Å². The van der Waals surface area contributed by atoms with Crippen LogP contribution in [0.25, 0.3) is 0 Å². The summed E-state index contributed by atoms with van der Waals surface area (Å²) in [5.41, 5.74) is 0.195. The third-order valence-corrected chi connectivity index (χ3v) is 4.42. The molecule has 108 valence electrons. The first-order valence-electron chi connectivity index (χ1n) is 6.14. The number of aliphatic carboxylic acids is 1. The van der Waals surface area contributed by atoms with Crippen molar-refractivity contribution in [3.05, 3.63) is 29.8 Å². The second-order valence-electron chi connectivity index (χ2n) is 4.79. The van der Waals surface area contributed by atoms with Gasteiger partial charge in [-0.1, -0.05) is 6.07 Å². The standard InChI is InChI=1S/C13H15NO5S/c1-20(18,19)10-5-2-4-9(8-10)12(15)14-7-3-6-11(14)13(16)17/h2,4-5,8,11H,3,6-7H2,1H3,(H,16,17)/t11-/m1/s1. The van der Waals surface area contributed by atoms with E-state index in [9.17, 15) is 18.0 Å². The monoisotopic (exact) mass is 297 g/mol. The van der Waals surface area contributed by atoms with Crippen molar-refractivity contribution in [3.63, 3.8) is 0 Å². The summed E-state index contributed by atoms with van der Waals surface area (Å²) in [5.74, 6) is -1.48. The predicted molar refractivity (Wildman–Crippen MR) is 71.2 cm³/mol. The maximum atomic E-state index is 12.3. The minimum atomic E-state index is -3.40. The van der Waals surface area contributed by atoms with Gasteiger partial charge in [-0.25, -0.2) is 13.2 Å². The Morgan fingerprint density at radius 3 is 2.65 bits per heavy atom. The zero-order chi connectivity index (χ0) is 14.9. The number of rotatable bonds is 3. The smallest absolute Gasteiger partial charge is 0.326 e. The van der Waals surface area contributed by atoms with E-state index in [-0.39, 0.29) is 10.5 Å². The highest BCUT2D eigenvalue weighted by Gasteiger charge is 2.34. The Bertz CT molecular complexity index is 652. The van der Waals surface area contributed by atoms with Gasteiger partial charge in [-0.15, -0.1) is 0 Å². The van der Waals surface area contributed by atoms with Gasteiger partial charge in [0.15, 0.2) is 9.84 Å². The summed E-state index contributed by atoms with van der Waals surface area (Å²) in [5, 5.41) is 9.07. The molecule has 1 aromatic carbocycles. The zero-order valence-corrected chi connectivity index (χ0v) is 11.8. The molecule has 0 radical (unpaired) electrons. The predicted octanol–water partition coefficient (Wildman–Crippen LogP) is 0.779. The molecular formula is C13H15NO5S. The van der Waals surface area contributed by atoms with E-state index in [2.05, 4.69) is 0 Å². The van der Waals surface area contributed by atoms with Gasteiger partial charge >= 0.3 is 5.97 Å². The average Bonchev–Trinajstić information content (AvgIpc) is 2.86. The van der Waals surface area contributed by atoms with Gasteiger partial charge in [0.05, 0.1) is 4.90 Å². The third kappa shape index (κ3) is 2.82. The highest BCUT2D eigenvalue weighted by molar-refractivity contribution is 7.90. The van der Waals surface area contributed by atoms with Crippen LogP contribution in [0.4, 0.5) is 0 Å². The zero-order valence-electron chi connectivity index (χ0n) is 10.9. The Balaban J connectivity index is 2.32. The Labute approximate surface area is 116 Å². The summed E-state index contributed by atoms with van der Waals surface area (Å²) in [6.07, 6.45) is 2.12. The molecule has 0 aliphatic carbocycles. The van der Waals surface area contributed by atoms with Gasteiger partial charge in [0.25, 0.3) is 5.91 Å². The molecule has 1 aromatic rings. The van der Waals surface area contributed by atoms with Gasteiger partial charge in [-0.3, -0.25) is 4.79 Å². The first-order chi connectivity index (χ1) is 9.30. The molecule has 1 fully saturated rings. The molecule has 1 aliphatic rings. The molecule has 1 atom stereocenters. The van der Waals surface area contributed by atoms with Crippen LogP contribution in [0.3, 0.4) is 0 Å². The lowest BCUT2D eigenvalue weighted by molar-refractivity contribution is -0.141. The van der Waals surface area contributed by atoms with Crippen LogP contribution in [-0.4, -0.2) is 49.1 Å². The van der Waals surface area contributed by atoms with Gasteiger partial charge in [-0.05, 0) is 31.0 Å². The van der Waals surface area contributed by atoms with E-state index in [1.54, 1.807) is 0 Å². The molecule has 0 saturated carbocycles. The number of amides is 1. The maximum absolute atomic E-state index is 12.3. The third-order valence-electron chi connectivity index (χ3n) is 3.31. The first-order valence-corrected chi connectivity index (χ1v) is 8.04. The molecule has 1 aliphatic heterocycles. The fourth-order valence-electron chi connectivity index (χ4n) is 2.29. The summed E-state index contributed by atoms with van der Waals surface area (Å²) >= 11 is 0. The SMILES string of the molecule is CS(=O)(=O)c1cccc(C(=O)N2CCC[C@@H]2C(=O)O)c1. The molecular weight excluding hydrogens is 282 g/mol. The van der Waals surface area contributed by atoms with Crippen LogP contribution < -0.4 is 0 Å². The molecule has 1 N–H and O–H groups in total. The summed E-state index contributed by atoms with van der Waals surface area (Å²) < 4.78 is 23.0. The minimum absolute atomic E-state index is 0.0504. The van der Waals surface area contributed by atoms with E-state index < -0.39 is 27.8 Å². The molecule has 7 heteroatoms. The average molecular weight is 297 g/mol. The molecule has 6 nitrogen and oxygen atoms in total. The van der Waals surface area contributed by atoms with Gasteiger partial charge in [0.1, 0.15) is 6.04 Å². The number of benzene rings is 1. The number of sulfone groups is 1. The van der Waals surface area contributed by atoms with Crippen LogP contribution in [0.1, 0.15) is 23.2 Å². The van der Waals surface area contributed by atoms with E-state index in [1.165, 1.54) is 29.2 Å². The van der Waals surface area contributed by atoms with Crippen molar-refractivity contribution < 1.29 is 23.1 Å². The van der Waals surface area contributed by atoms with Crippen molar-refractivity contribution in [3.8, 4) is 0 Å². The largest absolute Gasteiger partial charge is 0.480 e. The number of hydrogen-bond acceptors (Lipinski definition) is 4. The van der Waals surface area contributed by atoms with Gasteiger partial charge in [0, 0.05) is 18.4 Å². The van der Waals surface area contributed by atoms with Crippen LogP contribution in [0.15, 0.2) is 29.2 Å². The quantitative estimate of drug-likeness (QED) is 0.890. The van der Waals surface area contributed by atoms with Gasteiger partial charge in [0.2, 0.25) is 0 Å². The fraction of sp³-hybridized carbons (Fsp3) is 0.385. The molecule has 1 amide bonds. The molecule has 0 unspecified atom stereocenters. The minimum Gasteiger partial charge on any atom is -0.480 e. The highest BCUT2D eigenvalue weighted by atomic mass is 32.2. The van der Waals surface area contributed by atoms with Crippen molar-refractivity contribution in [2.45, 2.75) is 23.8 Å². The molecule has 2 rings (SSSR count). The van der Waals surface area contributed by atoms with Crippen molar-refractivity contribution >= 4 is 21.7 Å². The fourth-order valence-corrected chi connectivity index (χ4v) is 2.96. The van der Waals surface area contributed by atoms with Gasteiger partial charge < -0.3 is 10.0 Å². The number of likely N-dealkylation sites (tertiary alicyclic amines) is 1. The second kappa shape index (κ2) is 5.24. The Kier molecular flexibility index (Phi) is 3.80. The number of hydrogen-bond donors (Lipinski definition) is 1. The second-order valence-corrected chi connectivity index (χ2v) is 6.81. The van der Waals surface area contributed by atoms with Crippen molar-refractivity contribution in [1.82, 2.24) is 4.90 Å². The lowest BCUT2D eigenvalue weighted by Crippen LogP contribution is -2.40. The molecule has 1 saturated heterocycles. The Hall–Kier alpha value is -1.89. The van der Waals surface area contributed by atoms with Crippen molar-refractivity contribution in [2.75, 3.05) is 12.8 Å². The molecule has 1 heterocycles. The molecule has 0 aromatic heterocycles. The number of nitrogens with zero attached hydrogens (tertiary/aromatic N) is 1. The van der Waals surface area contributed by atoms with Crippen molar-refractivity contribution in [1.29, 1.82) is 0 Å². The van der Waals surface area contributed by atoms with Crippen LogP contribution in [0.5, 0.6) is 0 Å². The number of carbonyl (C=O) groups excluding carboxylic acids is 1. The van der Waals surface area contributed by atoms with Gasteiger partial charge in [-0.2, -0.15) is 0 Å². The highest BCUT2D eigenvalue weighted by Crippen LogP contribution is 2.21. The lowest BCUT2D eigenvalue weighted by atomic mass is 10.1. The van der Waals surface area contributed by atoms with E-state index in [1.807, 2.05) is 0 Å². The van der Waals surface area contributed by atoms with E-state index in [0.29, 0.717) is 19.4 Å². The number of carboxylic acids is 1. The summed E-state index contributed by atoms with van der Waals surface area (Å²) in [4.78, 5) is 24.7. The van der Waals surface area contributed by atoms with E-state index in [4.69, 9.17) is 5.11 Å². The topological polar surface area (TPSA) is 91.8 Å². The maximum Gasteiger partial charge on any atom is 0.326 e.